The first-order chi connectivity index (χ1) is 9.60. The van der Waals surface area contributed by atoms with Gasteiger partial charge < -0.3 is 10.8 Å². The molecule has 0 saturated heterocycles. The third-order valence-electron chi connectivity index (χ3n) is 5.86. The van der Waals surface area contributed by atoms with Gasteiger partial charge in [-0.25, -0.2) is 0 Å². The Morgan fingerprint density at radius 1 is 1.20 bits per heavy atom. The second kappa shape index (κ2) is 5.50. The van der Waals surface area contributed by atoms with Crippen LogP contribution in [0, 0.1) is 31.6 Å². The van der Waals surface area contributed by atoms with Crippen molar-refractivity contribution in [3.05, 3.63) is 34.9 Å². The predicted octanol–water partition coefficient (Wildman–Crippen LogP) is 3.14. The molecule has 3 rings (SSSR count). The van der Waals surface area contributed by atoms with Gasteiger partial charge in [0.25, 0.3) is 0 Å². The Morgan fingerprint density at radius 3 is 2.55 bits per heavy atom. The zero-order valence-corrected chi connectivity index (χ0v) is 12.7. The standard InChI is InChI=1S/C18H27NO/c1-11-3-5-14(7-12(11)2)17(10-19)18(20)16-9-13-4-6-15(16)8-13/h3,5,7,13,15-18,20H,4,6,8-10,19H2,1-2H3. The molecule has 20 heavy (non-hydrogen) atoms. The predicted molar refractivity (Wildman–Crippen MR) is 82.7 cm³/mol. The third-order valence-corrected chi connectivity index (χ3v) is 5.86. The summed E-state index contributed by atoms with van der Waals surface area (Å²) in [5, 5.41) is 10.9. The molecular weight excluding hydrogens is 246 g/mol. The topological polar surface area (TPSA) is 46.2 Å². The van der Waals surface area contributed by atoms with Gasteiger partial charge in [-0.2, -0.15) is 0 Å². The molecule has 1 aromatic rings. The Labute approximate surface area is 122 Å². The van der Waals surface area contributed by atoms with Crippen LogP contribution in [0.1, 0.15) is 48.3 Å². The fourth-order valence-electron chi connectivity index (χ4n) is 4.48. The number of aryl methyl sites for hydroxylation is 2. The molecule has 5 unspecified atom stereocenters. The Balaban J connectivity index is 1.80. The van der Waals surface area contributed by atoms with Crippen molar-refractivity contribution < 1.29 is 5.11 Å². The lowest BCUT2D eigenvalue weighted by Crippen LogP contribution is -2.35. The lowest BCUT2D eigenvalue weighted by atomic mass is 9.77. The lowest BCUT2D eigenvalue weighted by molar-refractivity contribution is 0.0532. The van der Waals surface area contributed by atoms with Crippen molar-refractivity contribution in [1.82, 2.24) is 0 Å². The fraction of sp³-hybridized carbons (Fsp3) is 0.667. The van der Waals surface area contributed by atoms with Crippen molar-refractivity contribution in [2.24, 2.45) is 23.5 Å². The molecule has 2 saturated carbocycles. The van der Waals surface area contributed by atoms with E-state index in [0.29, 0.717) is 12.5 Å². The molecule has 2 heteroatoms. The number of aliphatic hydroxyl groups is 1. The Kier molecular flexibility index (Phi) is 3.87. The van der Waals surface area contributed by atoms with Gasteiger partial charge >= 0.3 is 0 Å². The van der Waals surface area contributed by atoms with Gasteiger partial charge in [0.05, 0.1) is 6.10 Å². The molecule has 110 valence electrons. The summed E-state index contributed by atoms with van der Waals surface area (Å²) in [6.07, 6.45) is 4.98. The van der Waals surface area contributed by atoms with Gasteiger partial charge in [0, 0.05) is 12.5 Å². The minimum atomic E-state index is -0.266. The molecule has 2 aliphatic rings. The van der Waals surface area contributed by atoms with Crippen LogP contribution in [0.2, 0.25) is 0 Å². The van der Waals surface area contributed by atoms with Crippen LogP contribution in [-0.2, 0) is 0 Å². The molecular formula is C18H27NO. The second-order valence-electron chi connectivity index (χ2n) is 7.02. The quantitative estimate of drug-likeness (QED) is 0.885. The zero-order valence-electron chi connectivity index (χ0n) is 12.7. The summed E-state index contributed by atoms with van der Waals surface area (Å²) in [6.45, 7) is 4.80. The molecule has 2 nitrogen and oxygen atoms in total. The second-order valence-corrected chi connectivity index (χ2v) is 7.02. The van der Waals surface area contributed by atoms with Crippen molar-refractivity contribution >= 4 is 0 Å². The number of rotatable bonds is 4. The molecule has 0 amide bonds. The third kappa shape index (κ3) is 2.40. The highest BCUT2D eigenvalue weighted by atomic mass is 16.3. The molecule has 2 fully saturated rings. The van der Waals surface area contributed by atoms with E-state index in [9.17, 15) is 5.11 Å². The van der Waals surface area contributed by atoms with Crippen molar-refractivity contribution in [1.29, 1.82) is 0 Å². The highest BCUT2D eigenvalue weighted by Crippen LogP contribution is 2.51. The minimum absolute atomic E-state index is 0.0960. The first-order valence-electron chi connectivity index (χ1n) is 8.05. The van der Waals surface area contributed by atoms with Crippen LogP contribution in [-0.4, -0.2) is 17.8 Å². The van der Waals surface area contributed by atoms with Crippen LogP contribution < -0.4 is 5.73 Å². The van der Waals surface area contributed by atoms with E-state index < -0.39 is 0 Å². The average molecular weight is 273 g/mol. The number of hydrogen-bond donors (Lipinski definition) is 2. The van der Waals surface area contributed by atoms with E-state index in [-0.39, 0.29) is 12.0 Å². The molecule has 0 aromatic heterocycles. The number of hydrogen-bond acceptors (Lipinski definition) is 2. The number of aliphatic hydroxyl groups excluding tert-OH is 1. The van der Waals surface area contributed by atoms with Crippen LogP contribution in [0.4, 0.5) is 0 Å². The maximum Gasteiger partial charge on any atom is 0.0651 e. The molecule has 2 aliphatic carbocycles. The van der Waals surface area contributed by atoms with Gasteiger partial charge in [-0.05, 0) is 67.6 Å². The summed E-state index contributed by atoms with van der Waals surface area (Å²) in [5.41, 5.74) is 9.81. The highest BCUT2D eigenvalue weighted by molar-refractivity contribution is 5.33. The molecule has 0 aliphatic heterocycles. The molecule has 0 radical (unpaired) electrons. The van der Waals surface area contributed by atoms with E-state index >= 15 is 0 Å². The summed E-state index contributed by atoms with van der Waals surface area (Å²) in [6, 6.07) is 6.51. The summed E-state index contributed by atoms with van der Waals surface area (Å²) in [5.74, 6) is 2.19. The summed E-state index contributed by atoms with van der Waals surface area (Å²) in [7, 11) is 0. The normalized spacial score (nSPS) is 31.5. The summed E-state index contributed by atoms with van der Waals surface area (Å²) >= 11 is 0. The molecule has 0 spiro atoms. The largest absolute Gasteiger partial charge is 0.392 e. The number of benzene rings is 1. The van der Waals surface area contributed by atoms with Gasteiger partial charge in [0.1, 0.15) is 0 Å². The summed E-state index contributed by atoms with van der Waals surface area (Å²) in [4.78, 5) is 0. The fourth-order valence-corrected chi connectivity index (χ4v) is 4.48. The van der Waals surface area contributed by atoms with Gasteiger partial charge in [0.15, 0.2) is 0 Å². The Hall–Kier alpha value is -0.860. The van der Waals surface area contributed by atoms with Crippen molar-refractivity contribution in [2.75, 3.05) is 6.54 Å². The van der Waals surface area contributed by atoms with E-state index in [0.717, 1.165) is 11.8 Å². The maximum atomic E-state index is 10.9. The van der Waals surface area contributed by atoms with Crippen molar-refractivity contribution in [3.8, 4) is 0 Å². The number of fused-ring (bicyclic) bond motifs is 2. The van der Waals surface area contributed by atoms with Gasteiger partial charge in [-0.15, -0.1) is 0 Å². The van der Waals surface area contributed by atoms with Gasteiger partial charge in [-0.3, -0.25) is 0 Å². The van der Waals surface area contributed by atoms with Crippen LogP contribution in [0.3, 0.4) is 0 Å². The first-order valence-corrected chi connectivity index (χ1v) is 8.05. The van der Waals surface area contributed by atoms with Gasteiger partial charge in [-0.1, -0.05) is 24.6 Å². The van der Waals surface area contributed by atoms with Crippen LogP contribution in [0.25, 0.3) is 0 Å². The molecule has 1 aromatic carbocycles. The average Bonchev–Trinajstić information content (AvgIpc) is 3.06. The monoisotopic (exact) mass is 273 g/mol. The van der Waals surface area contributed by atoms with E-state index in [2.05, 4.69) is 32.0 Å². The molecule has 5 atom stereocenters. The van der Waals surface area contributed by atoms with Crippen LogP contribution >= 0.6 is 0 Å². The van der Waals surface area contributed by atoms with Gasteiger partial charge in [0.2, 0.25) is 0 Å². The first kappa shape index (κ1) is 14.1. The maximum absolute atomic E-state index is 10.9. The van der Waals surface area contributed by atoms with E-state index in [1.807, 2.05) is 0 Å². The highest BCUT2D eigenvalue weighted by Gasteiger charge is 2.44. The van der Waals surface area contributed by atoms with Crippen LogP contribution in [0.5, 0.6) is 0 Å². The Morgan fingerprint density at radius 2 is 2.00 bits per heavy atom. The molecule has 2 bridgehead atoms. The van der Waals surface area contributed by atoms with Crippen molar-refractivity contribution in [2.45, 2.75) is 51.6 Å². The molecule has 3 N–H and O–H groups in total. The van der Waals surface area contributed by atoms with E-state index in [1.54, 1.807) is 0 Å². The Bertz CT molecular complexity index is 484. The zero-order chi connectivity index (χ0) is 14.3. The lowest BCUT2D eigenvalue weighted by Gasteiger charge is -2.32. The minimum Gasteiger partial charge on any atom is -0.392 e. The van der Waals surface area contributed by atoms with E-state index in [1.165, 1.54) is 42.4 Å². The van der Waals surface area contributed by atoms with Crippen molar-refractivity contribution in [3.63, 3.8) is 0 Å². The van der Waals surface area contributed by atoms with Crippen LogP contribution in [0.15, 0.2) is 18.2 Å². The van der Waals surface area contributed by atoms with E-state index in [4.69, 9.17) is 5.73 Å². The smallest absolute Gasteiger partial charge is 0.0651 e. The summed E-state index contributed by atoms with van der Waals surface area (Å²) < 4.78 is 0. The number of nitrogens with two attached hydrogens (primary N) is 1. The molecule has 0 heterocycles. The SMILES string of the molecule is Cc1ccc(C(CN)C(O)C2CC3CCC2C3)cc1C.